The molecule has 112 valence electrons. The fraction of sp³-hybridized carbons (Fsp3) is 0.214. The number of aromatic nitrogens is 1. The molecule has 1 N–H and O–H groups in total. The SMILES string of the molecule is COc1cc[n+](OC)cc1Cc1ccc(S(=O)(=O)O)cc1. The molecule has 2 rings (SSSR count). The smallest absolute Gasteiger partial charge is 0.294 e. The lowest BCUT2D eigenvalue weighted by Gasteiger charge is -2.07. The van der Waals surface area contributed by atoms with E-state index in [9.17, 15) is 8.42 Å². The van der Waals surface area contributed by atoms with Crippen molar-refractivity contribution in [3.8, 4) is 5.75 Å². The zero-order valence-electron chi connectivity index (χ0n) is 11.7. The first-order chi connectivity index (χ1) is 9.94. The van der Waals surface area contributed by atoms with E-state index >= 15 is 0 Å². The summed E-state index contributed by atoms with van der Waals surface area (Å²) in [5.41, 5.74) is 1.77. The molecule has 0 saturated heterocycles. The summed E-state index contributed by atoms with van der Waals surface area (Å²) >= 11 is 0. The fourth-order valence-electron chi connectivity index (χ4n) is 1.95. The quantitative estimate of drug-likeness (QED) is 0.655. The van der Waals surface area contributed by atoms with Gasteiger partial charge < -0.3 is 4.74 Å². The zero-order chi connectivity index (χ0) is 15.5. The van der Waals surface area contributed by atoms with E-state index in [4.69, 9.17) is 14.1 Å². The van der Waals surface area contributed by atoms with Crippen LogP contribution in [0.5, 0.6) is 5.75 Å². The maximum atomic E-state index is 11.0. The van der Waals surface area contributed by atoms with Gasteiger partial charge >= 0.3 is 0 Å². The van der Waals surface area contributed by atoms with Crippen LogP contribution >= 0.6 is 0 Å². The molecule has 1 aromatic heterocycles. The first kappa shape index (κ1) is 15.3. The fourth-order valence-corrected chi connectivity index (χ4v) is 2.43. The highest BCUT2D eigenvalue weighted by Crippen LogP contribution is 2.20. The lowest BCUT2D eigenvalue weighted by molar-refractivity contribution is -0.885. The van der Waals surface area contributed by atoms with E-state index in [0.29, 0.717) is 12.2 Å². The van der Waals surface area contributed by atoms with Gasteiger partial charge in [0, 0.05) is 17.2 Å². The lowest BCUT2D eigenvalue weighted by atomic mass is 10.1. The minimum atomic E-state index is -4.16. The highest BCUT2D eigenvalue weighted by atomic mass is 32.2. The highest BCUT2D eigenvalue weighted by molar-refractivity contribution is 7.85. The number of hydrogen-bond donors (Lipinski definition) is 1. The summed E-state index contributed by atoms with van der Waals surface area (Å²) in [6.45, 7) is 0. The van der Waals surface area contributed by atoms with Gasteiger partial charge in [-0.3, -0.25) is 9.39 Å². The van der Waals surface area contributed by atoms with Crippen LogP contribution < -0.4 is 14.3 Å². The van der Waals surface area contributed by atoms with Gasteiger partial charge in [0.15, 0.2) is 0 Å². The minimum absolute atomic E-state index is 0.127. The maximum Gasteiger partial charge on any atom is 0.294 e. The molecule has 1 aromatic carbocycles. The van der Waals surface area contributed by atoms with Crippen molar-refractivity contribution in [2.45, 2.75) is 11.3 Å². The zero-order valence-corrected chi connectivity index (χ0v) is 12.5. The standard InChI is InChI=1S/C14H15NO5S/c1-19-14-7-8-15(20-2)10-12(14)9-11-3-5-13(6-4-11)21(16,17)18/h3-8,10H,9H2,1-2H3/p+1. The number of methoxy groups -OCH3 is 1. The Morgan fingerprint density at radius 1 is 1.14 bits per heavy atom. The van der Waals surface area contributed by atoms with Crippen LogP contribution in [0.4, 0.5) is 0 Å². The second-order valence-corrected chi connectivity index (χ2v) is 5.80. The molecule has 1 heterocycles. The number of pyridine rings is 1. The van der Waals surface area contributed by atoms with E-state index in [1.807, 2.05) is 0 Å². The molecule has 6 nitrogen and oxygen atoms in total. The summed E-state index contributed by atoms with van der Waals surface area (Å²) < 4.78 is 37.8. The molecule has 0 amide bonds. The van der Waals surface area contributed by atoms with E-state index in [2.05, 4.69) is 0 Å². The average Bonchev–Trinajstić information content (AvgIpc) is 2.46. The molecule has 21 heavy (non-hydrogen) atoms. The topological polar surface area (TPSA) is 76.7 Å². The molecule has 0 unspecified atom stereocenters. The first-order valence-corrected chi connectivity index (χ1v) is 7.57. The lowest BCUT2D eigenvalue weighted by Crippen LogP contribution is -2.40. The molecule has 0 radical (unpaired) electrons. The summed E-state index contributed by atoms with van der Waals surface area (Å²) in [4.78, 5) is 4.98. The minimum Gasteiger partial charge on any atom is -0.496 e. The Hall–Kier alpha value is -2.12. The Morgan fingerprint density at radius 3 is 2.33 bits per heavy atom. The Bertz CT molecular complexity index is 726. The molecule has 0 fully saturated rings. The third-order valence-electron chi connectivity index (χ3n) is 3.02. The maximum absolute atomic E-state index is 11.0. The van der Waals surface area contributed by atoms with Crippen molar-refractivity contribution in [2.75, 3.05) is 14.2 Å². The van der Waals surface area contributed by atoms with Gasteiger partial charge in [0.2, 0.25) is 12.4 Å². The molecular formula is C14H16NO5S+. The van der Waals surface area contributed by atoms with Crippen LogP contribution in [-0.2, 0) is 16.5 Å². The van der Waals surface area contributed by atoms with Crippen molar-refractivity contribution < 1.29 is 27.3 Å². The number of nitrogens with zero attached hydrogens (tertiary/aromatic N) is 1. The van der Waals surface area contributed by atoms with Crippen LogP contribution in [0, 0.1) is 0 Å². The summed E-state index contributed by atoms with van der Waals surface area (Å²) in [6.07, 6.45) is 4.05. The summed E-state index contributed by atoms with van der Waals surface area (Å²) in [7, 11) is -1.03. The van der Waals surface area contributed by atoms with E-state index in [-0.39, 0.29) is 4.90 Å². The van der Waals surface area contributed by atoms with Crippen molar-refractivity contribution in [1.82, 2.24) is 0 Å². The third-order valence-corrected chi connectivity index (χ3v) is 3.89. The van der Waals surface area contributed by atoms with Crippen LogP contribution in [0.3, 0.4) is 0 Å². The number of rotatable bonds is 5. The molecule has 0 saturated carbocycles. The third kappa shape index (κ3) is 3.71. The Morgan fingerprint density at radius 2 is 1.81 bits per heavy atom. The van der Waals surface area contributed by atoms with Gasteiger partial charge in [-0.15, -0.1) is 0 Å². The number of hydrogen-bond acceptors (Lipinski definition) is 4. The van der Waals surface area contributed by atoms with E-state index in [1.54, 1.807) is 49.5 Å². The summed E-state index contributed by atoms with van der Waals surface area (Å²) in [5, 5.41) is 0. The molecule has 2 aromatic rings. The molecule has 0 aliphatic heterocycles. The van der Waals surface area contributed by atoms with Crippen LogP contribution in [0.1, 0.15) is 11.1 Å². The Labute approximate surface area is 123 Å². The molecule has 0 aliphatic rings. The van der Waals surface area contributed by atoms with Gasteiger partial charge in [0.25, 0.3) is 10.1 Å². The van der Waals surface area contributed by atoms with Gasteiger partial charge in [-0.05, 0) is 17.7 Å². The summed E-state index contributed by atoms with van der Waals surface area (Å²) in [5.74, 6) is 0.710. The van der Waals surface area contributed by atoms with Crippen molar-refractivity contribution >= 4 is 10.1 Å². The van der Waals surface area contributed by atoms with Crippen LogP contribution in [0.15, 0.2) is 47.6 Å². The van der Waals surface area contributed by atoms with Gasteiger partial charge in [-0.2, -0.15) is 8.42 Å². The largest absolute Gasteiger partial charge is 0.496 e. The second-order valence-electron chi connectivity index (χ2n) is 4.38. The van der Waals surface area contributed by atoms with E-state index in [1.165, 1.54) is 12.1 Å². The molecule has 0 spiro atoms. The van der Waals surface area contributed by atoms with Crippen LogP contribution in [0.25, 0.3) is 0 Å². The first-order valence-electron chi connectivity index (χ1n) is 6.13. The monoisotopic (exact) mass is 310 g/mol. The van der Waals surface area contributed by atoms with E-state index in [0.717, 1.165) is 11.1 Å². The van der Waals surface area contributed by atoms with Crippen molar-refractivity contribution in [3.63, 3.8) is 0 Å². The van der Waals surface area contributed by atoms with Gasteiger partial charge in [-0.1, -0.05) is 12.1 Å². The van der Waals surface area contributed by atoms with Crippen molar-refractivity contribution in [2.24, 2.45) is 0 Å². The predicted molar refractivity (Wildman–Crippen MR) is 74.8 cm³/mol. The van der Waals surface area contributed by atoms with Gasteiger partial charge in [0.05, 0.1) is 17.6 Å². The summed E-state index contributed by atoms with van der Waals surface area (Å²) in [6, 6.07) is 7.81. The van der Waals surface area contributed by atoms with Gasteiger partial charge in [-0.25, -0.2) is 0 Å². The molecule has 0 atom stereocenters. The average molecular weight is 310 g/mol. The molecular weight excluding hydrogens is 294 g/mol. The Kier molecular flexibility index (Phi) is 4.44. The second kappa shape index (κ2) is 6.11. The van der Waals surface area contributed by atoms with Gasteiger partial charge in [0.1, 0.15) is 12.9 Å². The highest BCUT2D eigenvalue weighted by Gasteiger charge is 2.13. The number of ether oxygens (including phenoxy) is 1. The molecule has 7 heteroatoms. The molecule has 0 bridgehead atoms. The normalized spacial score (nSPS) is 11.2. The van der Waals surface area contributed by atoms with E-state index < -0.39 is 10.1 Å². The van der Waals surface area contributed by atoms with Crippen molar-refractivity contribution in [3.05, 3.63) is 53.9 Å². The molecule has 0 aliphatic carbocycles. The van der Waals surface area contributed by atoms with Crippen LogP contribution in [-0.4, -0.2) is 27.2 Å². The van der Waals surface area contributed by atoms with Crippen LogP contribution in [0.2, 0.25) is 0 Å². The Balaban J connectivity index is 2.29. The number of benzene rings is 1. The van der Waals surface area contributed by atoms with Crippen molar-refractivity contribution in [1.29, 1.82) is 0 Å². The predicted octanol–water partition coefficient (Wildman–Crippen LogP) is 0.879.